The first-order valence-electron chi connectivity index (χ1n) is 6.11. The number of carbonyl (C=O) groups is 1. The highest BCUT2D eigenvalue weighted by Gasteiger charge is 2.09. The molecule has 0 saturated heterocycles. The maximum atomic E-state index is 11.4. The molecule has 0 aliphatic carbocycles. The Balaban J connectivity index is 2.70. The zero-order valence-electron chi connectivity index (χ0n) is 11.4. The van der Waals surface area contributed by atoms with Gasteiger partial charge in [-0.2, -0.15) is 0 Å². The summed E-state index contributed by atoms with van der Waals surface area (Å²) in [7, 11) is 1.38. The first kappa shape index (κ1) is 14.5. The first-order valence-corrected chi connectivity index (χ1v) is 6.11. The Kier molecular flexibility index (Phi) is 5.65. The smallest absolute Gasteiger partial charge is 0.337 e. The van der Waals surface area contributed by atoms with Crippen LogP contribution in [0.2, 0.25) is 0 Å². The van der Waals surface area contributed by atoms with Crippen molar-refractivity contribution in [3.05, 3.63) is 29.3 Å². The van der Waals surface area contributed by atoms with E-state index in [-0.39, 0.29) is 12.0 Å². The average molecular weight is 251 g/mol. The molecule has 1 N–H and O–H groups in total. The second-order valence-corrected chi connectivity index (χ2v) is 4.23. The van der Waals surface area contributed by atoms with Gasteiger partial charge in [0.1, 0.15) is 0 Å². The molecule has 1 unspecified atom stereocenters. The van der Waals surface area contributed by atoms with E-state index in [9.17, 15) is 4.79 Å². The number of rotatable bonds is 6. The number of carbonyl (C=O) groups excluding carboxylic acids is 1. The predicted molar refractivity (Wildman–Crippen MR) is 72.1 cm³/mol. The van der Waals surface area contributed by atoms with E-state index in [1.54, 1.807) is 6.07 Å². The number of hydrogen-bond donors (Lipinski definition) is 1. The van der Waals surface area contributed by atoms with Gasteiger partial charge in [0.25, 0.3) is 0 Å². The number of anilines is 1. The van der Waals surface area contributed by atoms with Crippen molar-refractivity contribution < 1.29 is 14.3 Å². The van der Waals surface area contributed by atoms with Crippen molar-refractivity contribution >= 4 is 11.7 Å². The largest absolute Gasteiger partial charge is 0.465 e. The Hall–Kier alpha value is -1.55. The first-order chi connectivity index (χ1) is 8.58. The molecule has 4 nitrogen and oxygen atoms in total. The van der Waals surface area contributed by atoms with Gasteiger partial charge in [-0.05, 0) is 44.5 Å². The van der Waals surface area contributed by atoms with E-state index in [1.165, 1.54) is 7.11 Å². The summed E-state index contributed by atoms with van der Waals surface area (Å²) >= 11 is 0. The SMILES string of the molecule is CCOCC(C)Nc1ccc(C(=O)OC)cc1C. The Morgan fingerprint density at radius 1 is 1.44 bits per heavy atom. The number of methoxy groups -OCH3 is 1. The summed E-state index contributed by atoms with van der Waals surface area (Å²) in [5.41, 5.74) is 2.59. The lowest BCUT2D eigenvalue weighted by atomic mass is 10.1. The van der Waals surface area contributed by atoms with Crippen molar-refractivity contribution in [3.63, 3.8) is 0 Å². The second kappa shape index (κ2) is 7.01. The van der Waals surface area contributed by atoms with Crippen LogP contribution in [-0.4, -0.2) is 32.3 Å². The number of nitrogens with one attached hydrogen (secondary N) is 1. The van der Waals surface area contributed by atoms with Gasteiger partial charge >= 0.3 is 5.97 Å². The van der Waals surface area contributed by atoms with Crippen molar-refractivity contribution in [2.75, 3.05) is 25.6 Å². The highest BCUT2D eigenvalue weighted by Crippen LogP contribution is 2.18. The summed E-state index contributed by atoms with van der Waals surface area (Å²) in [5.74, 6) is -0.313. The monoisotopic (exact) mass is 251 g/mol. The fourth-order valence-corrected chi connectivity index (χ4v) is 1.67. The van der Waals surface area contributed by atoms with Crippen molar-refractivity contribution in [1.29, 1.82) is 0 Å². The van der Waals surface area contributed by atoms with Gasteiger partial charge in [0.15, 0.2) is 0 Å². The maximum Gasteiger partial charge on any atom is 0.337 e. The number of benzene rings is 1. The molecule has 0 radical (unpaired) electrons. The molecule has 4 heteroatoms. The Labute approximate surface area is 108 Å². The van der Waals surface area contributed by atoms with Gasteiger partial charge in [-0.1, -0.05) is 0 Å². The van der Waals surface area contributed by atoms with Crippen LogP contribution in [0.3, 0.4) is 0 Å². The van der Waals surface area contributed by atoms with Crippen LogP contribution < -0.4 is 5.32 Å². The topological polar surface area (TPSA) is 47.6 Å². The van der Waals surface area contributed by atoms with Crippen molar-refractivity contribution in [2.24, 2.45) is 0 Å². The van der Waals surface area contributed by atoms with E-state index in [0.29, 0.717) is 18.8 Å². The lowest BCUT2D eigenvalue weighted by Gasteiger charge is -2.17. The zero-order chi connectivity index (χ0) is 13.5. The van der Waals surface area contributed by atoms with Crippen LogP contribution in [0.15, 0.2) is 18.2 Å². The second-order valence-electron chi connectivity index (χ2n) is 4.23. The van der Waals surface area contributed by atoms with Crippen molar-refractivity contribution in [1.82, 2.24) is 0 Å². The number of aryl methyl sites for hydroxylation is 1. The predicted octanol–water partition coefficient (Wildman–Crippen LogP) is 2.62. The standard InChI is InChI=1S/C14H21NO3/c1-5-18-9-11(3)15-13-7-6-12(8-10(13)2)14(16)17-4/h6-8,11,15H,5,9H2,1-4H3. The molecule has 1 aromatic carbocycles. The summed E-state index contributed by atoms with van der Waals surface area (Å²) in [6.45, 7) is 7.37. The van der Waals surface area contributed by atoms with Gasteiger partial charge in [0, 0.05) is 18.3 Å². The van der Waals surface area contributed by atoms with Gasteiger partial charge < -0.3 is 14.8 Å². The van der Waals surface area contributed by atoms with Crippen LogP contribution >= 0.6 is 0 Å². The minimum atomic E-state index is -0.313. The molecule has 0 aromatic heterocycles. The van der Waals surface area contributed by atoms with Gasteiger partial charge in [-0.15, -0.1) is 0 Å². The van der Waals surface area contributed by atoms with E-state index in [4.69, 9.17) is 4.74 Å². The normalized spacial score (nSPS) is 12.0. The molecule has 0 aliphatic rings. The Morgan fingerprint density at radius 3 is 2.72 bits per heavy atom. The molecule has 0 heterocycles. The Bertz CT molecular complexity index is 404. The third-order valence-electron chi connectivity index (χ3n) is 2.62. The third kappa shape index (κ3) is 4.04. The molecule has 0 amide bonds. The summed E-state index contributed by atoms with van der Waals surface area (Å²) in [4.78, 5) is 11.4. The molecule has 0 saturated carbocycles. The summed E-state index contributed by atoms with van der Waals surface area (Å²) in [6, 6.07) is 5.70. The van der Waals surface area contributed by atoms with Crippen LogP contribution in [0.5, 0.6) is 0 Å². The van der Waals surface area contributed by atoms with E-state index >= 15 is 0 Å². The van der Waals surface area contributed by atoms with Crippen molar-refractivity contribution in [2.45, 2.75) is 26.8 Å². The summed E-state index contributed by atoms with van der Waals surface area (Å²) in [6.07, 6.45) is 0. The average Bonchev–Trinajstić information content (AvgIpc) is 2.37. The van der Waals surface area contributed by atoms with Crippen LogP contribution in [0.1, 0.15) is 29.8 Å². The minimum Gasteiger partial charge on any atom is -0.465 e. The molecule has 1 aromatic rings. The van der Waals surface area contributed by atoms with Crippen LogP contribution in [0.25, 0.3) is 0 Å². The lowest BCUT2D eigenvalue weighted by molar-refractivity contribution is 0.0600. The molecule has 1 atom stereocenters. The molecule has 1 rings (SSSR count). The number of ether oxygens (including phenoxy) is 2. The van der Waals surface area contributed by atoms with Gasteiger partial charge in [0.05, 0.1) is 19.3 Å². The fourth-order valence-electron chi connectivity index (χ4n) is 1.67. The maximum absolute atomic E-state index is 11.4. The lowest BCUT2D eigenvalue weighted by Crippen LogP contribution is -2.22. The number of esters is 1. The minimum absolute atomic E-state index is 0.229. The molecule has 0 aliphatic heterocycles. The Morgan fingerprint density at radius 2 is 2.17 bits per heavy atom. The van der Waals surface area contributed by atoms with Gasteiger partial charge in [0.2, 0.25) is 0 Å². The summed E-state index contributed by atoms with van der Waals surface area (Å²) in [5, 5.41) is 3.35. The highest BCUT2D eigenvalue weighted by atomic mass is 16.5. The molecule has 0 bridgehead atoms. The van der Waals surface area contributed by atoms with E-state index in [0.717, 1.165) is 11.3 Å². The quantitative estimate of drug-likeness (QED) is 0.789. The van der Waals surface area contributed by atoms with Crippen LogP contribution in [0, 0.1) is 6.92 Å². The van der Waals surface area contributed by atoms with E-state index < -0.39 is 0 Å². The molecular formula is C14H21NO3. The van der Waals surface area contributed by atoms with Gasteiger partial charge in [-0.3, -0.25) is 0 Å². The highest BCUT2D eigenvalue weighted by molar-refractivity contribution is 5.90. The molecular weight excluding hydrogens is 230 g/mol. The summed E-state index contributed by atoms with van der Waals surface area (Å²) < 4.78 is 10.0. The van der Waals surface area contributed by atoms with Crippen LogP contribution in [0.4, 0.5) is 5.69 Å². The van der Waals surface area contributed by atoms with Crippen LogP contribution in [-0.2, 0) is 9.47 Å². The molecule has 0 fully saturated rings. The van der Waals surface area contributed by atoms with Crippen molar-refractivity contribution in [3.8, 4) is 0 Å². The molecule has 18 heavy (non-hydrogen) atoms. The molecule has 100 valence electrons. The molecule has 0 spiro atoms. The third-order valence-corrected chi connectivity index (χ3v) is 2.62. The zero-order valence-corrected chi connectivity index (χ0v) is 11.4. The van der Waals surface area contributed by atoms with E-state index in [1.807, 2.05) is 26.0 Å². The van der Waals surface area contributed by atoms with Gasteiger partial charge in [-0.25, -0.2) is 4.79 Å². The number of hydrogen-bond acceptors (Lipinski definition) is 4. The fraction of sp³-hybridized carbons (Fsp3) is 0.500. The van der Waals surface area contributed by atoms with E-state index in [2.05, 4.69) is 17.0 Å².